The molecule has 0 fully saturated rings. The number of ether oxygens (including phenoxy) is 1. The summed E-state index contributed by atoms with van der Waals surface area (Å²) in [6.45, 7) is 0.590. The predicted octanol–water partition coefficient (Wildman–Crippen LogP) is 1.32. The Bertz CT molecular complexity index is 424. The van der Waals surface area contributed by atoms with Crippen molar-refractivity contribution in [2.75, 3.05) is 13.7 Å². The predicted molar refractivity (Wildman–Crippen MR) is 66.3 cm³/mol. The molecule has 5 heteroatoms. The molecule has 1 aromatic heterocycles. The molecule has 0 aliphatic carbocycles. The van der Waals surface area contributed by atoms with Gasteiger partial charge >= 0.3 is 0 Å². The number of aromatic nitrogens is 1. The smallest absolute Gasteiger partial charge is 0.0955 e. The molecule has 4 nitrogen and oxygen atoms in total. The Balaban J connectivity index is 2.14. The maximum Gasteiger partial charge on any atom is 0.0955 e. The molecule has 1 heterocycles. The van der Waals surface area contributed by atoms with Crippen LogP contribution in [0.5, 0.6) is 0 Å². The Kier molecular flexibility index (Phi) is 3.84. The fourth-order valence-corrected chi connectivity index (χ4v) is 2.63. The SMILES string of the molecule is COCC(Cc1nc2ccccc2s1)NN. The van der Waals surface area contributed by atoms with Gasteiger partial charge in [0.2, 0.25) is 0 Å². The number of fused-ring (bicyclic) bond motifs is 1. The van der Waals surface area contributed by atoms with E-state index in [4.69, 9.17) is 10.6 Å². The van der Waals surface area contributed by atoms with E-state index >= 15 is 0 Å². The van der Waals surface area contributed by atoms with Gasteiger partial charge in [0.05, 0.1) is 27.9 Å². The molecule has 0 aliphatic heterocycles. The van der Waals surface area contributed by atoms with Crippen LogP contribution in [0, 0.1) is 0 Å². The van der Waals surface area contributed by atoms with E-state index < -0.39 is 0 Å². The number of benzene rings is 1. The first-order valence-electron chi connectivity index (χ1n) is 5.13. The topological polar surface area (TPSA) is 60.2 Å². The highest BCUT2D eigenvalue weighted by Gasteiger charge is 2.10. The van der Waals surface area contributed by atoms with Crippen LogP contribution in [0.25, 0.3) is 10.2 Å². The van der Waals surface area contributed by atoms with Gasteiger partial charge in [0.1, 0.15) is 0 Å². The van der Waals surface area contributed by atoms with Crippen molar-refractivity contribution in [1.29, 1.82) is 0 Å². The zero-order valence-electron chi connectivity index (χ0n) is 9.14. The van der Waals surface area contributed by atoms with Crippen molar-refractivity contribution in [3.05, 3.63) is 29.3 Å². The fourth-order valence-electron chi connectivity index (χ4n) is 1.59. The molecule has 2 rings (SSSR count). The zero-order chi connectivity index (χ0) is 11.4. The third kappa shape index (κ3) is 2.56. The molecule has 1 unspecified atom stereocenters. The molecule has 0 aliphatic rings. The molecule has 0 saturated heterocycles. The van der Waals surface area contributed by atoms with Crippen LogP contribution in [0.1, 0.15) is 5.01 Å². The molecule has 0 radical (unpaired) electrons. The molecule has 86 valence electrons. The number of hydrogen-bond acceptors (Lipinski definition) is 5. The van der Waals surface area contributed by atoms with Crippen molar-refractivity contribution in [3.8, 4) is 0 Å². The molecule has 0 amide bonds. The Labute approximate surface area is 98.4 Å². The zero-order valence-corrected chi connectivity index (χ0v) is 9.96. The molecular weight excluding hydrogens is 222 g/mol. The maximum absolute atomic E-state index is 5.45. The van der Waals surface area contributed by atoms with Gasteiger partial charge in [-0.05, 0) is 12.1 Å². The van der Waals surface area contributed by atoms with Gasteiger partial charge in [0, 0.05) is 13.5 Å². The van der Waals surface area contributed by atoms with Crippen LogP contribution in [0.2, 0.25) is 0 Å². The van der Waals surface area contributed by atoms with E-state index in [0.29, 0.717) is 6.61 Å². The van der Waals surface area contributed by atoms with Gasteiger partial charge in [-0.25, -0.2) is 4.98 Å². The second-order valence-electron chi connectivity index (χ2n) is 3.60. The number of rotatable bonds is 5. The number of hydrogen-bond donors (Lipinski definition) is 2. The number of para-hydroxylation sites is 1. The van der Waals surface area contributed by atoms with Crippen LogP contribution < -0.4 is 11.3 Å². The van der Waals surface area contributed by atoms with Crippen molar-refractivity contribution in [3.63, 3.8) is 0 Å². The minimum atomic E-state index is 0.116. The van der Waals surface area contributed by atoms with E-state index in [0.717, 1.165) is 16.9 Å². The first-order chi connectivity index (χ1) is 7.83. The molecule has 1 atom stereocenters. The molecule has 0 spiro atoms. The minimum absolute atomic E-state index is 0.116. The van der Waals surface area contributed by atoms with Crippen molar-refractivity contribution in [2.45, 2.75) is 12.5 Å². The van der Waals surface area contributed by atoms with Crippen molar-refractivity contribution in [1.82, 2.24) is 10.4 Å². The Morgan fingerprint density at radius 2 is 2.31 bits per heavy atom. The van der Waals surface area contributed by atoms with Gasteiger partial charge in [-0.15, -0.1) is 11.3 Å². The first-order valence-corrected chi connectivity index (χ1v) is 5.94. The van der Waals surface area contributed by atoms with Crippen molar-refractivity contribution < 1.29 is 4.74 Å². The standard InChI is InChI=1S/C11H15N3OS/c1-15-7-8(14-12)6-11-13-9-4-2-3-5-10(9)16-11/h2-5,8,14H,6-7,12H2,1H3. The highest BCUT2D eigenvalue weighted by molar-refractivity contribution is 7.18. The van der Waals surface area contributed by atoms with Gasteiger partial charge in [-0.1, -0.05) is 12.1 Å². The number of nitrogens with zero attached hydrogens (tertiary/aromatic N) is 1. The fraction of sp³-hybridized carbons (Fsp3) is 0.364. The molecule has 0 saturated carbocycles. The van der Waals surface area contributed by atoms with E-state index in [1.54, 1.807) is 18.4 Å². The summed E-state index contributed by atoms with van der Waals surface area (Å²) in [5.41, 5.74) is 3.79. The summed E-state index contributed by atoms with van der Waals surface area (Å²) in [5.74, 6) is 5.45. The lowest BCUT2D eigenvalue weighted by atomic mass is 10.2. The summed E-state index contributed by atoms with van der Waals surface area (Å²) in [6, 6.07) is 8.25. The van der Waals surface area contributed by atoms with Crippen LogP contribution in [-0.2, 0) is 11.2 Å². The number of thiazole rings is 1. The average molecular weight is 237 g/mol. The lowest BCUT2D eigenvalue weighted by molar-refractivity contribution is 0.166. The largest absolute Gasteiger partial charge is 0.383 e. The van der Waals surface area contributed by atoms with E-state index in [1.807, 2.05) is 18.2 Å². The van der Waals surface area contributed by atoms with E-state index in [-0.39, 0.29) is 6.04 Å². The summed E-state index contributed by atoms with van der Waals surface area (Å²) in [4.78, 5) is 4.55. The van der Waals surface area contributed by atoms with Crippen LogP contribution in [0.4, 0.5) is 0 Å². The second-order valence-corrected chi connectivity index (χ2v) is 4.71. The monoisotopic (exact) mass is 237 g/mol. The summed E-state index contributed by atoms with van der Waals surface area (Å²) in [5, 5.41) is 1.08. The number of nitrogens with one attached hydrogen (secondary N) is 1. The summed E-state index contributed by atoms with van der Waals surface area (Å²) < 4.78 is 6.29. The van der Waals surface area contributed by atoms with Crippen LogP contribution >= 0.6 is 11.3 Å². The van der Waals surface area contributed by atoms with Crippen LogP contribution in [0.3, 0.4) is 0 Å². The van der Waals surface area contributed by atoms with Gasteiger partial charge in [-0.2, -0.15) is 0 Å². The van der Waals surface area contributed by atoms with Gasteiger partial charge in [-0.3, -0.25) is 11.3 Å². The molecule has 16 heavy (non-hydrogen) atoms. The van der Waals surface area contributed by atoms with Gasteiger partial charge in [0.15, 0.2) is 0 Å². The number of hydrazine groups is 1. The number of methoxy groups -OCH3 is 1. The molecule has 2 aromatic rings. The Morgan fingerprint density at radius 1 is 1.50 bits per heavy atom. The number of nitrogens with two attached hydrogens (primary N) is 1. The van der Waals surface area contributed by atoms with Crippen molar-refractivity contribution >= 4 is 21.6 Å². The van der Waals surface area contributed by atoms with Gasteiger partial charge < -0.3 is 4.74 Å². The summed E-state index contributed by atoms with van der Waals surface area (Å²) in [7, 11) is 1.67. The molecular formula is C11H15N3OS. The van der Waals surface area contributed by atoms with E-state index in [2.05, 4.69) is 16.5 Å². The van der Waals surface area contributed by atoms with Gasteiger partial charge in [0.25, 0.3) is 0 Å². The maximum atomic E-state index is 5.45. The van der Waals surface area contributed by atoms with Crippen LogP contribution in [-0.4, -0.2) is 24.7 Å². The van der Waals surface area contributed by atoms with Crippen molar-refractivity contribution in [2.24, 2.45) is 5.84 Å². The van der Waals surface area contributed by atoms with E-state index in [1.165, 1.54) is 4.70 Å². The Morgan fingerprint density at radius 3 is 3.00 bits per heavy atom. The highest BCUT2D eigenvalue weighted by Crippen LogP contribution is 2.22. The molecule has 1 aromatic carbocycles. The minimum Gasteiger partial charge on any atom is -0.383 e. The van der Waals surface area contributed by atoms with E-state index in [9.17, 15) is 0 Å². The molecule has 3 N–H and O–H groups in total. The normalized spacial score (nSPS) is 13.1. The lowest BCUT2D eigenvalue weighted by Gasteiger charge is -2.12. The second kappa shape index (κ2) is 5.36. The lowest BCUT2D eigenvalue weighted by Crippen LogP contribution is -2.40. The average Bonchev–Trinajstić information content (AvgIpc) is 2.70. The summed E-state index contributed by atoms with van der Waals surface area (Å²) in [6.07, 6.45) is 0.795. The quantitative estimate of drug-likeness (QED) is 0.608. The highest BCUT2D eigenvalue weighted by atomic mass is 32.1. The third-order valence-corrected chi connectivity index (χ3v) is 3.42. The third-order valence-electron chi connectivity index (χ3n) is 2.36. The molecule has 0 bridgehead atoms. The Hall–Kier alpha value is -1.01. The van der Waals surface area contributed by atoms with Crippen LogP contribution in [0.15, 0.2) is 24.3 Å². The summed E-state index contributed by atoms with van der Waals surface area (Å²) >= 11 is 1.70. The first kappa shape index (κ1) is 11.5.